The number of aryl methyl sites for hydroxylation is 1. The molecule has 5 aromatic rings. The first kappa shape index (κ1) is 26.0. The predicted octanol–water partition coefficient (Wildman–Crippen LogP) is 3.94. The van der Waals surface area contributed by atoms with Crippen LogP contribution in [-0.4, -0.2) is 86.7 Å². The van der Waals surface area contributed by atoms with Crippen LogP contribution < -0.4 is 10.1 Å². The second kappa shape index (κ2) is 11.1. The van der Waals surface area contributed by atoms with Gasteiger partial charge in [0.15, 0.2) is 0 Å². The number of rotatable bonds is 8. The van der Waals surface area contributed by atoms with E-state index in [2.05, 4.69) is 44.3 Å². The van der Waals surface area contributed by atoms with Gasteiger partial charge in [-0.15, -0.1) is 0 Å². The Morgan fingerprint density at radius 3 is 2.77 bits per heavy atom. The number of hydrogen-bond donors (Lipinski definition) is 2. The van der Waals surface area contributed by atoms with Crippen LogP contribution in [0, 0.1) is 6.92 Å². The summed E-state index contributed by atoms with van der Waals surface area (Å²) in [7, 11) is 2.15. The Bertz CT molecular complexity index is 1650. The Morgan fingerprint density at radius 2 is 1.95 bits per heavy atom. The van der Waals surface area contributed by atoms with Crippen molar-refractivity contribution >= 4 is 28.1 Å². The summed E-state index contributed by atoms with van der Waals surface area (Å²) >= 11 is 0. The van der Waals surface area contributed by atoms with Crippen LogP contribution in [0.4, 0.5) is 5.69 Å². The number of carbonyl (C=O) groups excluding carboxylic acids is 1. The lowest BCUT2D eigenvalue weighted by Gasteiger charge is -2.32. The van der Waals surface area contributed by atoms with Crippen LogP contribution in [0.2, 0.25) is 0 Å². The third kappa shape index (κ3) is 5.28. The molecule has 10 nitrogen and oxygen atoms in total. The molecule has 1 atom stereocenters. The van der Waals surface area contributed by atoms with E-state index >= 15 is 0 Å². The van der Waals surface area contributed by atoms with Crippen LogP contribution in [-0.2, 0) is 0 Å². The summed E-state index contributed by atoms with van der Waals surface area (Å²) in [4.78, 5) is 27.4. The zero-order valence-electron chi connectivity index (χ0n) is 23.1. The van der Waals surface area contributed by atoms with Crippen molar-refractivity contribution in [1.82, 2.24) is 34.4 Å². The highest BCUT2D eigenvalue weighted by Gasteiger charge is 2.21. The summed E-state index contributed by atoms with van der Waals surface area (Å²) in [5.74, 6) is 0.455. The normalized spacial score (nSPS) is 15.5. The number of amides is 1. The fraction of sp³-hybridized carbons (Fsp3) is 0.333. The Labute approximate surface area is 233 Å². The number of fused-ring (bicyclic) bond motifs is 2. The highest BCUT2D eigenvalue weighted by Crippen LogP contribution is 2.33. The van der Waals surface area contributed by atoms with E-state index in [4.69, 9.17) is 9.72 Å². The van der Waals surface area contributed by atoms with E-state index in [1.165, 1.54) is 0 Å². The van der Waals surface area contributed by atoms with Gasteiger partial charge in [-0.3, -0.25) is 24.2 Å². The molecule has 10 heteroatoms. The maximum Gasteiger partial charge on any atom is 0.274 e. The summed E-state index contributed by atoms with van der Waals surface area (Å²) in [6.07, 6.45) is 3.42. The van der Waals surface area contributed by atoms with Crippen LogP contribution >= 0.6 is 0 Å². The molecule has 1 aliphatic heterocycles. The minimum absolute atomic E-state index is 0.0339. The van der Waals surface area contributed by atoms with Gasteiger partial charge in [0.25, 0.3) is 5.91 Å². The zero-order valence-corrected chi connectivity index (χ0v) is 23.1. The van der Waals surface area contributed by atoms with Gasteiger partial charge in [0.1, 0.15) is 23.7 Å². The second-order valence-electron chi connectivity index (χ2n) is 10.4. The molecule has 1 saturated heterocycles. The molecule has 4 aromatic heterocycles. The summed E-state index contributed by atoms with van der Waals surface area (Å²) in [6, 6.07) is 15.4. The number of aromatic amines is 1. The average Bonchev–Trinajstić information content (AvgIpc) is 3.59. The summed E-state index contributed by atoms with van der Waals surface area (Å²) in [5, 5.41) is 11.6. The highest BCUT2D eigenvalue weighted by molar-refractivity contribution is 6.08. The first-order valence-electron chi connectivity index (χ1n) is 13.7. The Balaban J connectivity index is 1.18. The minimum atomic E-state index is -0.253. The third-order valence-corrected chi connectivity index (χ3v) is 7.63. The fourth-order valence-corrected chi connectivity index (χ4v) is 5.23. The minimum Gasteiger partial charge on any atom is -0.492 e. The van der Waals surface area contributed by atoms with Crippen molar-refractivity contribution in [2.75, 3.05) is 51.7 Å². The van der Waals surface area contributed by atoms with Crippen molar-refractivity contribution in [2.45, 2.75) is 19.8 Å². The van der Waals surface area contributed by atoms with Crippen LogP contribution in [0.3, 0.4) is 0 Å². The molecule has 1 unspecified atom stereocenters. The van der Waals surface area contributed by atoms with E-state index in [-0.39, 0.29) is 11.8 Å². The molecule has 206 valence electrons. The number of H-pyrrole nitrogens is 1. The Hall–Kier alpha value is -4.28. The first-order valence-corrected chi connectivity index (χ1v) is 13.7. The van der Waals surface area contributed by atoms with E-state index in [9.17, 15) is 4.79 Å². The second-order valence-corrected chi connectivity index (χ2v) is 10.4. The molecule has 2 N–H and O–H groups in total. The van der Waals surface area contributed by atoms with Crippen LogP contribution in [0.25, 0.3) is 16.6 Å². The van der Waals surface area contributed by atoms with Gasteiger partial charge in [-0.25, -0.2) is 4.98 Å². The number of imidazole rings is 1. The fourth-order valence-electron chi connectivity index (χ4n) is 5.23. The predicted molar refractivity (Wildman–Crippen MR) is 155 cm³/mol. The molecular formula is C30H34N8O2. The van der Waals surface area contributed by atoms with Crippen molar-refractivity contribution in [1.29, 1.82) is 0 Å². The van der Waals surface area contributed by atoms with Gasteiger partial charge in [0, 0.05) is 67.7 Å². The SMILES string of the molecule is Cc1cccc(C(C)c2[nH]nc3cccc(NC(=O)c4cnc5cc(OCCN6CCN(C)CC6)ccn45)c23)n1. The first-order chi connectivity index (χ1) is 19.5. The lowest BCUT2D eigenvalue weighted by atomic mass is 9.98. The van der Waals surface area contributed by atoms with Gasteiger partial charge in [-0.1, -0.05) is 19.1 Å². The van der Waals surface area contributed by atoms with Gasteiger partial charge in [0.05, 0.1) is 23.1 Å². The van der Waals surface area contributed by atoms with Gasteiger partial charge in [-0.2, -0.15) is 5.10 Å². The third-order valence-electron chi connectivity index (χ3n) is 7.63. The Morgan fingerprint density at radius 1 is 1.12 bits per heavy atom. The number of pyridine rings is 2. The Kier molecular flexibility index (Phi) is 7.19. The van der Waals surface area contributed by atoms with Gasteiger partial charge in [0.2, 0.25) is 0 Å². The molecule has 0 radical (unpaired) electrons. The smallest absolute Gasteiger partial charge is 0.274 e. The van der Waals surface area contributed by atoms with E-state index in [1.807, 2.05) is 61.7 Å². The number of anilines is 1. The number of benzene rings is 1. The monoisotopic (exact) mass is 538 g/mol. The lowest BCUT2D eigenvalue weighted by Crippen LogP contribution is -2.45. The molecule has 0 saturated carbocycles. The molecule has 0 spiro atoms. The standard InChI is InChI=1S/C30H34N8O2/c1-20-6-4-7-23(32-20)21(2)29-28-24(8-5-9-25(28)34-35-29)33-30(39)26-19-31-27-18-22(10-11-38(26)27)40-17-16-37-14-12-36(3)13-15-37/h4-11,18-19,21H,12-17H2,1-3H3,(H,33,39)(H,34,35). The van der Waals surface area contributed by atoms with Gasteiger partial charge >= 0.3 is 0 Å². The molecule has 1 aromatic carbocycles. The molecule has 40 heavy (non-hydrogen) atoms. The lowest BCUT2D eigenvalue weighted by molar-refractivity contribution is 0.102. The molecule has 1 amide bonds. The number of ether oxygens (including phenoxy) is 1. The van der Waals surface area contributed by atoms with Crippen LogP contribution in [0.15, 0.2) is 60.9 Å². The topological polar surface area (TPSA) is 104 Å². The quantitative estimate of drug-likeness (QED) is 0.308. The molecule has 0 aliphatic carbocycles. The maximum absolute atomic E-state index is 13.5. The van der Waals surface area contributed by atoms with E-state index in [0.717, 1.165) is 66.5 Å². The van der Waals surface area contributed by atoms with E-state index in [0.29, 0.717) is 23.6 Å². The van der Waals surface area contributed by atoms with E-state index in [1.54, 1.807) is 10.6 Å². The highest BCUT2D eigenvalue weighted by atomic mass is 16.5. The molecule has 1 fully saturated rings. The van der Waals surface area contributed by atoms with E-state index < -0.39 is 0 Å². The number of piperazine rings is 1. The number of likely N-dealkylation sites (N-methyl/N-ethyl adjacent to an activating group) is 1. The average molecular weight is 539 g/mol. The number of nitrogens with zero attached hydrogens (tertiary/aromatic N) is 6. The van der Waals surface area contributed by atoms with Crippen molar-refractivity contribution in [2.24, 2.45) is 0 Å². The zero-order chi connectivity index (χ0) is 27.6. The van der Waals surface area contributed by atoms with Gasteiger partial charge < -0.3 is 15.0 Å². The largest absolute Gasteiger partial charge is 0.492 e. The molecule has 0 bridgehead atoms. The number of hydrogen-bond acceptors (Lipinski definition) is 7. The number of carbonyl (C=O) groups is 1. The molecule has 1 aliphatic rings. The summed E-state index contributed by atoms with van der Waals surface area (Å²) < 4.78 is 7.78. The number of aromatic nitrogens is 5. The van der Waals surface area contributed by atoms with Crippen molar-refractivity contribution in [3.05, 3.63) is 83.7 Å². The van der Waals surface area contributed by atoms with Crippen LogP contribution in [0.5, 0.6) is 5.75 Å². The number of nitrogens with one attached hydrogen (secondary N) is 2. The molecular weight excluding hydrogens is 504 g/mol. The molecule has 6 rings (SSSR count). The van der Waals surface area contributed by atoms with Crippen molar-refractivity contribution in [3.8, 4) is 5.75 Å². The van der Waals surface area contributed by atoms with Gasteiger partial charge in [-0.05, 0) is 44.3 Å². The van der Waals surface area contributed by atoms with Crippen molar-refractivity contribution < 1.29 is 9.53 Å². The molecule has 5 heterocycles. The maximum atomic E-state index is 13.5. The summed E-state index contributed by atoms with van der Waals surface area (Å²) in [5.41, 5.74) is 5.36. The van der Waals surface area contributed by atoms with Crippen LogP contribution in [0.1, 0.15) is 40.4 Å². The summed E-state index contributed by atoms with van der Waals surface area (Å²) in [6.45, 7) is 9.87. The van der Waals surface area contributed by atoms with Crippen molar-refractivity contribution in [3.63, 3.8) is 0 Å².